The lowest BCUT2D eigenvalue weighted by Gasteiger charge is -2.68. The predicted molar refractivity (Wildman–Crippen MR) is 119 cm³/mol. The second-order valence-electron chi connectivity index (χ2n) is 12.0. The number of aliphatic hydroxyl groups is 2. The molecule has 31 heavy (non-hydrogen) atoms. The lowest BCUT2D eigenvalue weighted by Crippen LogP contribution is -2.65. The SMILES string of the molecule is C[C@]12CC[C@]3(C1)[C@@H](C[C@H]2O)C[C@@H](OC(=O)c1ccccc1)[C@H]1[C@](C)(CO)CCC[C@@]13C. The Hall–Kier alpha value is -1.39. The van der Waals surface area contributed by atoms with Crippen LogP contribution in [0.5, 0.6) is 0 Å². The summed E-state index contributed by atoms with van der Waals surface area (Å²) in [6.45, 7) is 7.05. The summed E-state index contributed by atoms with van der Waals surface area (Å²) in [7, 11) is 0. The van der Waals surface area contributed by atoms with Crippen LogP contribution in [0.15, 0.2) is 30.3 Å². The molecule has 0 amide bonds. The van der Waals surface area contributed by atoms with Crippen LogP contribution in [-0.2, 0) is 4.74 Å². The minimum atomic E-state index is -0.272. The molecule has 0 aromatic heterocycles. The van der Waals surface area contributed by atoms with Gasteiger partial charge < -0.3 is 14.9 Å². The third kappa shape index (κ3) is 2.90. The number of aliphatic hydroxyl groups excluding tert-OH is 2. The first-order valence-corrected chi connectivity index (χ1v) is 12.2. The molecular formula is C27H38O4. The molecular weight excluding hydrogens is 388 g/mol. The number of carbonyl (C=O) groups excluding carboxylic acids is 1. The van der Waals surface area contributed by atoms with Gasteiger partial charge in [-0.1, -0.05) is 45.4 Å². The summed E-state index contributed by atoms with van der Waals surface area (Å²) >= 11 is 0. The van der Waals surface area contributed by atoms with Gasteiger partial charge in [-0.15, -0.1) is 0 Å². The first kappa shape index (κ1) is 21.5. The van der Waals surface area contributed by atoms with Gasteiger partial charge in [0, 0.05) is 12.5 Å². The lowest BCUT2D eigenvalue weighted by atomic mass is 9.37. The number of carbonyl (C=O) groups is 1. The maximum atomic E-state index is 13.1. The van der Waals surface area contributed by atoms with Crippen molar-refractivity contribution in [1.82, 2.24) is 0 Å². The number of hydrogen-bond donors (Lipinski definition) is 2. The van der Waals surface area contributed by atoms with Crippen molar-refractivity contribution in [2.24, 2.45) is 33.5 Å². The minimum absolute atomic E-state index is 0.00464. The highest BCUT2D eigenvalue weighted by molar-refractivity contribution is 5.89. The Balaban J connectivity index is 1.56. The van der Waals surface area contributed by atoms with Gasteiger partial charge in [0.15, 0.2) is 0 Å². The van der Waals surface area contributed by atoms with Crippen molar-refractivity contribution in [1.29, 1.82) is 0 Å². The van der Waals surface area contributed by atoms with E-state index < -0.39 is 0 Å². The zero-order valence-electron chi connectivity index (χ0n) is 19.3. The van der Waals surface area contributed by atoms with Gasteiger partial charge in [0.25, 0.3) is 0 Å². The Kier molecular flexibility index (Phi) is 4.88. The average molecular weight is 427 g/mol. The molecule has 1 aromatic rings. The topological polar surface area (TPSA) is 66.8 Å². The van der Waals surface area contributed by atoms with E-state index in [0.717, 1.165) is 51.4 Å². The molecule has 4 aliphatic carbocycles. The maximum Gasteiger partial charge on any atom is 0.338 e. The number of ether oxygens (including phenoxy) is 1. The van der Waals surface area contributed by atoms with Gasteiger partial charge in [0.1, 0.15) is 6.10 Å². The second kappa shape index (κ2) is 7.05. The molecule has 4 aliphatic rings. The van der Waals surface area contributed by atoms with Crippen LogP contribution < -0.4 is 0 Å². The summed E-state index contributed by atoms with van der Waals surface area (Å²) in [6, 6.07) is 9.26. The van der Waals surface area contributed by atoms with E-state index in [0.29, 0.717) is 11.5 Å². The van der Waals surface area contributed by atoms with Gasteiger partial charge in [0.2, 0.25) is 0 Å². The summed E-state index contributed by atoms with van der Waals surface area (Å²) in [5.74, 6) is 0.247. The van der Waals surface area contributed by atoms with Crippen LogP contribution in [0.4, 0.5) is 0 Å². The van der Waals surface area contributed by atoms with Crippen LogP contribution in [0, 0.1) is 33.5 Å². The van der Waals surface area contributed by atoms with Crippen molar-refractivity contribution < 1.29 is 19.7 Å². The monoisotopic (exact) mass is 426 g/mol. The maximum absolute atomic E-state index is 13.1. The van der Waals surface area contributed by atoms with Crippen LogP contribution in [-0.4, -0.2) is 35.0 Å². The largest absolute Gasteiger partial charge is 0.458 e. The van der Waals surface area contributed by atoms with Crippen molar-refractivity contribution >= 4 is 5.97 Å². The molecule has 0 saturated heterocycles. The van der Waals surface area contributed by atoms with E-state index in [1.807, 2.05) is 30.3 Å². The van der Waals surface area contributed by atoms with Crippen molar-refractivity contribution in [3.8, 4) is 0 Å². The molecule has 0 unspecified atom stereocenters. The number of hydrogen-bond acceptors (Lipinski definition) is 4. The third-order valence-corrected chi connectivity index (χ3v) is 10.5. The van der Waals surface area contributed by atoms with E-state index in [9.17, 15) is 15.0 Å². The zero-order valence-corrected chi connectivity index (χ0v) is 19.3. The highest BCUT2D eigenvalue weighted by Gasteiger charge is 2.72. The standard InChI is InChI=1S/C27H38O4/c1-24-12-13-27(16-24)19(15-21(24)29)14-20(31-23(30)18-8-5-4-6-9-18)22-25(2,17-28)10-7-11-26(22,27)3/h4-6,8-9,19-22,28-29H,7,10-17H2,1-3H3/t19-,20-,21-,22+,24+,25+,26+,27+/m1/s1. The van der Waals surface area contributed by atoms with Gasteiger partial charge in [0.05, 0.1) is 11.7 Å². The molecule has 5 rings (SSSR count). The lowest BCUT2D eigenvalue weighted by molar-refractivity contribution is -0.235. The van der Waals surface area contributed by atoms with E-state index in [1.54, 1.807) is 0 Å². The molecule has 4 heteroatoms. The molecule has 8 atom stereocenters. The van der Waals surface area contributed by atoms with Crippen molar-refractivity contribution in [3.05, 3.63) is 35.9 Å². The Bertz CT molecular complexity index is 854. The molecule has 0 radical (unpaired) electrons. The Morgan fingerprint density at radius 3 is 2.52 bits per heavy atom. The van der Waals surface area contributed by atoms with Crippen molar-refractivity contribution in [2.45, 2.75) is 84.3 Å². The Morgan fingerprint density at radius 2 is 1.81 bits per heavy atom. The van der Waals surface area contributed by atoms with E-state index in [-0.39, 0.29) is 52.4 Å². The molecule has 170 valence electrons. The van der Waals surface area contributed by atoms with E-state index in [1.165, 1.54) is 0 Å². The summed E-state index contributed by atoms with van der Waals surface area (Å²) in [6.07, 6.45) is 7.64. The molecule has 4 nitrogen and oxygen atoms in total. The fourth-order valence-corrected chi connectivity index (χ4v) is 8.94. The third-order valence-electron chi connectivity index (χ3n) is 10.5. The van der Waals surface area contributed by atoms with Gasteiger partial charge in [-0.2, -0.15) is 0 Å². The molecule has 0 aliphatic heterocycles. The average Bonchev–Trinajstić information content (AvgIpc) is 3.08. The number of esters is 1. The smallest absolute Gasteiger partial charge is 0.338 e. The van der Waals surface area contributed by atoms with E-state index in [2.05, 4.69) is 20.8 Å². The molecule has 4 saturated carbocycles. The Labute approximate surface area is 186 Å². The highest BCUT2D eigenvalue weighted by atomic mass is 16.5. The second-order valence-corrected chi connectivity index (χ2v) is 12.0. The van der Waals surface area contributed by atoms with Gasteiger partial charge in [-0.05, 0) is 84.7 Å². The molecule has 2 bridgehead atoms. The first-order chi connectivity index (χ1) is 14.7. The highest BCUT2D eigenvalue weighted by Crippen LogP contribution is 2.76. The molecule has 1 spiro atoms. The van der Waals surface area contributed by atoms with Gasteiger partial charge in [-0.3, -0.25) is 0 Å². The fraction of sp³-hybridized carbons (Fsp3) is 0.741. The fourth-order valence-electron chi connectivity index (χ4n) is 8.94. The van der Waals surface area contributed by atoms with Gasteiger partial charge in [-0.25, -0.2) is 4.79 Å². The number of rotatable bonds is 3. The predicted octanol–water partition coefficient (Wildman–Crippen LogP) is 4.98. The van der Waals surface area contributed by atoms with E-state index in [4.69, 9.17) is 4.74 Å². The van der Waals surface area contributed by atoms with Gasteiger partial charge >= 0.3 is 5.97 Å². The molecule has 1 aromatic carbocycles. The summed E-state index contributed by atoms with van der Waals surface area (Å²) < 4.78 is 6.29. The van der Waals surface area contributed by atoms with Crippen LogP contribution >= 0.6 is 0 Å². The summed E-state index contributed by atoms with van der Waals surface area (Å²) in [5, 5.41) is 21.6. The first-order valence-electron chi connectivity index (χ1n) is 12.2. The van der Waals surface area contributed by atoms with Crippen molar-refractivity contribution in [2.75, 3.05) is 6.61 Å². The number of benzene rings is 1. The van der Waals surface area contributed by atoms with E-state index >= 15 is 0 Å². The van der Waals surface area contributed by atoms with Crippen molar-refractivity contribution in [3.63, 3.8) is 0 Å². The number of fused-ring (bicyclic) bond motifs is 2. The quantitative estimate of drug-likeness (QED) is 0.669. The molecule has 2 N–H and O–H groups in total. The molecule has 0 heterocycles. The zero-order chi connectivity index (χ0) is 22.1. The van der Waals surface area contributed by atoms with Crippen LogP contribution in [0.25, 0.3) is 0 Å². The van der Waals surface area contributed by atoms with Crippen LogP contribution in [0.1, 0.15) is 82.5 Å². The minimum Gasteiger partial charge on any atom is -0.458 e. The van der Waals surface area contributed by atoms with Crippen LogP contribution in [0.2, 0.25) is 0 Å². The normalized spacial score (nSPS) is 48.5. The summed E-state index contributed by atoms with van der Waals surface area (Å²) in [5.41, 5.74) is 0.528. The van der Waals surface area contributed by atoms with Crippen LogP contribution in [0.3, 0.4) is 0 Å². The summed E-state index contributed by atoms with van der Waals surface area (Å²) in [4.78, 5) is 13.1. The molecule has 4 fully saturated rings. The Morgan fingerprint density at radius 1 is 1.06 bits per heavy atom.